The third kappa shape index (κ3) is 2.46. The fourth-order valence-corrected chi connectivity index (χ4v) is 2.57. The van der Waals surface area contributed by atoms with Crippen molar-refractivity contribution in [1.82, 2.24) is 19.5 Å². The number of benzene rings is 1. The zero-order valence-electron chi connectivity index (χ0n) is 10.2. The first kappa shape index (κ1) is 12.5. The molecule has 0 amide bonds. The maximum Gasteiger partial charge on any atom is 0.178 e. The lowest BCUT2D eigenvalue weighted by atomic mass is 10.3. The highest BCUT2D eigenvalue weighted by Crippen LogP contribution is 2.20. The molecular weight excluding hydrogens is 324 g/mol. The monoisotopic (exact) mass is 334 g/mol. The van der Waals surface area contributed by atoms with E-state index in [1.54, 1.807) is 12.4 Å². The maximum absolute atomic E-state index is 5.37. The summed E-state index contributed by atoms with van der Waals surface area (Å²) in [6.07, 6.45) is 3.55. The van der Waals surface area contributed by atoms with E-state index < -0.39 is 0 Å². The molecule has 2 aromatic heterocycles. The highest BCUT2D eigenvalue weighted by atomic mass is 79.9. The summed E-state index contributed by atoms with van der Waals surface area (Å²) in [5, 5.41) is 0. The number of aryl methyl sites for hydroxylation is 1. The van der Waals surface area contributed by atoms with Crippen molar-refractivity contribution in [2.75, 3.05) is 0 Å². The van der Waals surface area contributed by atoms with Crippen LogP contribution in [0, 0.1) is 11.7 Å². The van der Waals surface area contributed by atoms with Gasteiger partial charge in [-0.15, -0.1) is 0 Å². The van der Waals surface area contributed by atoms with E-state index in [1.807, 2.05) is 29.7 Å². The molecule has 0 aliphatic rings. The van der Waals surface area contributed by atoms with Gasteiger partial charge >= 0.3 is 0 Å². The van der Waals surface area contributed by atoms with Crippen molar-refractivity contribution in [2.45, 2.75) is 13.5 Å². The van der Waals surface area contributed by atoms with Gasteiger partial charge in [-0.3, -0.25) is 9.97 Å². The Morgan fingerprint density at radius 3 is 2.89 bits per heavy atom. The molecule has 0 bridgehead atoms. The molecule has 1 aromatic carbocycles. The van der Waals surface area contributed by atoms with Gasteiger partial charge < -0.3 is 9.55 Å². The molecule has 0 aliphatic carbocycles. The summed E-state index contributed by atoms with van der Waals surface area (Å²) in [6.45, 7) is 2.54. The number of hydrogen-bond acceptors (Lipinski definition) is 3. The van der Waals surface area contributed by atoms with Gasteiger partial charge in [-0.2, -0.15) is 0 Å². The molecule has 0 aliphatic heterocycles. The molecule has 2 heterocycles. The minimum absolute atomic E-state index is 0.614. The Balaban J connectivity index is 2.09. The van der Waals surface area contributed by atoms with Crippen LogP contribution in [0.3, 0.4) is 0 Å². The second-order valence-electron chi connectivity index (χ2n) is 4.33. The van der Waals surface area contributed by atoms with Crippen molar-refractivity contribution in [3.8, 4) is 0 Å². The number of nitrogens with zero attached hydrogens (tertiary/aromatic N) is 3. The van der Waals surface area contributed by atoms with Crippen molar-refractivity contribution < 1.29 is 0 Å². The molecule has 19 heavy (non-hydrogen) atoms. The van der Waals surface area contributed by atoms with Crippen LogP contribution >= 0.6 is 28.1 Å². The second kappa shape index (κ2) is 4.86. The van der Waals surface area contributed by atoms with E-state index in [0.717, 1.165) is 26.9 Å². The van der Waals surface area contributed by atoms with Gasteiger partial charge in [0.1, 0.15) is 0 Å². The largest absolute Gasteiger partial charge is 0.331 e. The van der Waals surface area contributed by atoms with E-state index in [0.29, 0.717) is 11.3 Å². The molecule has 0 saturated carbocycles. The first-order valence-corrected chi connectivity index (χ1v) is 6.99. The highest BCUT2D eigenvalue weighted by molar-refractivity contribution is 9.10. The maximum atomic E-state index is 5.37. The molecule has 1 N–H and O–H groups in total. The van der Waals surface area contributed by atoms with Crippen LogP contribution in [0.15, 0.2) is 35.1 Å². The predicted molar refractivity (Wildman–Crippen MR) is 80.7 cm³/mol. The van der Waals surface area contributed by atoms with Gasteiger partial charge in [0, 0.05) is 10.7 Å². The standard InChI is InChI=1S/C13H11BrN4S/c1-8-5-16-10(6-15-8)7-18-12-4-9(14)2-3-11(12)17-13(18)19/h2-6H,7H2,1H3,(H,17,19). The molecule has 0 atom stereocenters. The smallest absolute Gasteiger partial charge is 0.178 e. The van der Waals surface area contributed by atoms with E-state index >= 15 is 0 Å². The fraction of sp³-hybridized carbons (Fsp3) is 0.154. The number of imidazole rings is 1. The summed E-state index contributed by atoms with van der Waals surface area (Å²) in [5.74, 6) is 0. The molecule has 3 rings (SSSR count). The number of rotatable bonds is 2. The number of hydrogen-bond donors (Lipinski definition) is 1. The summed E-state index contributed by atoms with van der Waals surface area (Å²) in [7, 11) is 0. The number of halogens is 1. The fourth-order valence-electron chi connectivity index (χ4n) is 1.95. The van der Waals surface area contributed by atoms with Crippen LogP contribution in [0.5, 0.6) is 0 Å². The number of aromatic nitrogens is 4. The van der Waals surface area contributed by atoms with Crippen LogP contribution in [-0.4, -0.2) is 19.5 Å². The Bertz CT molecular complexity index is 789. The lowest BCUT2D eigenvalue weighted by Crippen LogP contribution is -2.02. The van der Waals surface area contributed by atoms with E-state index in [9.17, 15) is 0 Å². The molecule has 96 valence electrons. The first-order chi connectivity index (χ1) is 9.13. The Morgan fingerprint density at radius 1 is 1.32 bits per heavy atom. The minimum atomic E-state index is 0.614. The van der Waals surface area contributed by atoms with Gasteiger partial charge in [0.15, 0.2) is 4.77 Å². The third-order valence-corrected chi connectivity index (χ3v) is 3.71. The average Bonchev–Trinajstić information content (AvgIpc) is 2.69. The van der Waals surface area contributed by atoms with Gasteiger partial charge in [-0.05, 0) is 37.3 Å². The summed E-state index contributed by atoms with van der Waals surface area (Å²) in [4.78, 5) is 11.8. The van der Waals surface area contributed by atoms with Gasteiger partial charge in [0.05, 0.1) is 35.2 Å². The average molecular weight is 335 g/mol. The molecule has 4 nitrogen and oxygen atoms in total. The number of aromatic amines is 1. The highest BCUT2D eigenvalue weighted by Gasteiger charge is 2.06. The van der Waals surface area contributed by atoms with Crippen LogP contribution < -0.4 is 0 Å². The summed E-state index contributed by atoms with van der Waals surface area (Å²) < 4.78 is 3.74. The lowest BCUT2D eigenvalue weighted by molar-refractivity contribution is 0.776. The van der Waals surface area contributed by atoms with Crippen molar-refractivity contribution in [3.05, 3.63) is 51.2 Å². The van der Waals surface area contributed by atoms with Crippen LogP contribution in [0.25, 0.3) is 11.0 Å². The van der Waals surface area contributed by atoms with Crippen molar-refractivity contribution in [2.24, 2.45) is 0 Å². The van der Waals surface area contributed by atoms with Crippen LogP contribution in [0.2, 0.25) is 0 Å². The molecule has 3 aromatic rings. The molecule has 0 radical (unpaired) electrons. The van der Waals surface area contributed by atoms with Gasteiger partial charge in [0.2, 0.25) is 0 Å². The first-order valence-electron chi connectivity index (χ1n) is 5.79. The Kier molecular flexibility index (Phi) is 3.20. The molecule has 0 saturated heterocycles. The SMILES string of the molecule is Cc1cnc(Cn2c(=S)[nH]c3ccc(Br)cc32)cn1. The summed E-state index contributed by atoms with van der Waals surface area (Å²) in [6, 6.07) is 6.04. The molecular formula is C13H11BrN4S. The lowest BCUT2D eigenvalue weighted by Gasteiger charge is -2.04. The predicted octanol–water partition coefficient (Wildman–Crippen LogP) is 3.61. The molecule has 0 spiro atoms. The van der Waals surface area contributed by atoms with E-state index in [4.69, 9.17) is 12.2 Å². The van der Waals surface area contributed by atoms with Crippen LogP contribution in [0.4, 0.5) is 0 Å². The third-order valence-electron chi connectivity index (χ3n) is 2.89. The van der Waals surface area contributed by atoms with E-state index in [-0.39, 0.29) is 0 Å². The van der Waals surface area contributed by atoms with Gasteiger partial charge in [-0.1, -0.05) is 15.9 Å². The van der Waals surface area contributed by atoms with Crippen LogP contribution in [0.1, 0.15) is 11.4 Å². The van der Waals surface area contributed by atoms with E-state index in [2.05, 4.69) is 30.9 Å². The normalized spacial score (nSPS) is 11.1. The van der Waals surface area contributed by atoms with Crippen molar-refractivity contribution in [1.29, 1.82) is 0 Å². The number of nitrogens with one attached hydrogen (secondary N) is 1. The zero-order valence-corrected chi connectivity index (χ0v) is 12.6. The number of H-pyrrole nitrogens is 1. The molecule has 6 heteroatoms. The minimum Gasteiger partial charge on any atom is -0.331 e. The topological polar surface area (TPSA) is 46.5 Å². The van der Waals surface area contributed by atoms with Gasteiger partial charge in [0.25, 0.3) is 0 Å². The number of fused-ring (bicyclic) bond motifs is 1. The quantitative estimate of drug-likeness (QED) is 0.728. The van der Waals surface area contributed by atoms with Crippen molar-refractivity contribution >= 4 is 39.2 Å². The zero-order chi connectivity index (χ0) is 13.4. The Hall–Kier alpha value is -1.53. The Morgan fingerprint density at radius 2 is 2.16 bits per heavy atom. The summed E-state index contributed by atoms with van der Waals surface area (Å²) >= 11 is 8.85. The van der Waals surface area contributed by atoms with Gasteiger partial charge in [-0.25, -0.2) is 0 Å². The molecule has 0 unspecified atom stereocenters. The van der Waals surface area contributed by atoms with E-state index in [1.165, 1.54) is 0 Å². The second-order valence-corrected chi connectivity index (χ2v) is 5.63. The van der Waals surface area contributed by atoms with Crippen LogP contribution in [-0.2, 0) is 6.54 Å². The summed E-state index contributed by atoms with van der Waals surface area (Å²) in [5.41, 5.74) is 3.88. The Labute approximate surface area is 123 Å². The molecule has 0 fully saturated rings. The van der Waals surface area contributed by atoms with Crippen molar-refractivity contribution in [3.63, 3.8) is 0 Å².